The summed E-state index contributed by atoms with van der Waals surface area (Å²) in [7, 11) is 1.49. The SMILES string of the molecule is CCCC/C=C\CCCCCCCCC[C@@]12C(=O)C(OC)=CC(=O)[C@@H]1CC([C@@H]1CC[C@]3([C@H](CCCOC(=O)CCCCCCCCCCCCC)/C(=C(/C)C=O)CC[C@]3(C)O)[C@@H]1O)=C[C@H]2/C=C(\C)CCC=C(C)C. The van der Waals surface area contributed by atoms with Crippen LogP contribution >= 0.6 is 0 Å². The minimum atomic E-state index is -1.25. The normalized spacial score (nSPS) is 27.8. The second-order valence-electron chi connectivity index (χ2n) is 23.9. The fourth-order valence-corrected chi connectivity index (χ4v) is 13.8. The van der Waals surface area contributed by atoms with Crippen LogP contribution in [0.25, 0.3) is 0 Å². The Balaban J connectivity index is 1.54. The molecular weight excluding hydrogens is 921 g/mol. The highest BCUT2D eigenvalue weighted by atomic mass is 16.5. The molecule has 1 spiro atoms. The number of hydrogen-bond donors (Lipinski definition) is 2. The molecule has 0 saturated heterocycles. The summed E-state index contributed by atoms with van der Waals surface area (Å²) in [5.41, 5.74) is 1.79. The van der Waals surface area contributed by atoms with Crippen LogP contribution in [0.5, 0.6) is 0 Å². The van der Waals surface area contributed by atoms with Crippen LogP contribution < -0.4 is 0 Å². The third kappa shape index (κ3) is 17.6. The van der Waals surface area contributed by atoms with E-state index in [2.05, 4.69) is 65.0 Å². The minimum Gasteiger partial charge on any atom is -0.493 e. The van der Waals surface area contributed by atoms with E-state index in [1.54, 1.807) is 0 Å². The molecule has 0 bridgehead atoms. The van der Waals surface area contributed by atoms with Gasteiger partial charge in [-0.25, -0.2) is 0 Å². The molecule has 0 aliphatic heterocycles. The van der Waals surface area contributed by atoms with Crippen molar-refractivity contribution in [2.24, 2.45) is 34.5 Å². The molecule has 2 fully saturated rings. The van der Waals surface area contributed by atoms with Crippen molar-refractivity contribution in [2.45, 2.75) is 272 Å². The number of aliphatic hydroxyl groups is 2. The maximum Gasteiger partial charge on any atom is 0.305 e. The van der Waals surface area contributed by atoms with Crippen LogP contribution in [0.4, 0.5) is 0 Å². The first-order chi connectivity index (χ1) is 35.6. The lowest BCUT2D eigenvalue weighted by Crippen LogP contribution is -2.59. The van der Waals surface area contributed by atoms with Gasteiger partial charge in [0, 0.05) is 35.7 Å². The Kier molecular flexibility index (Phi) is 28.2. The van der Waals surface area contributed by atoms with Crippen LogP contribution in [0.1, 0.15) is 260 Å². The maximum atomic E-state index is 15.0. The van der Waals surface area contributed by atoms with E-state index in [0.717, 1.165) is 87.2 Å². The van der Waals surface area contributed by atoms with E-state index in [4.69, 9.17) is 9.47 Å². The molecule has 8 atom stereocenters. The van der Waals surface area contributed by atoms with Gasteiger partial charge in [0.05, 0.1) is 30.8 Å². The van der Waals surface area contributed by atoms with Crippen molar-refractivity contribution in [1.82, 2.24) is 0 Å². The number of carbonyl (C=O) groups excluding carboxylic acids is 4. The summed E-state index contributed by atoms with van der Waals surface area (Å²) in [5, 5.41) is 25.7. The Bertz CT molecular complexity index is 1940. The van der Waals surface area contributed by atoms with E-state index < -0.39 is 28.5 Å². The number of Topliss-reactive ketones (excluding diaryl/α,β-unsaturated/α-hetero) is 1. The fraction of sp³-hybridized carbons (Fsp3) is 0.758. The van der Waals surface area contributed by atoms with Crippen LogP contribution in [0.15, 0.2) is 70.1 Å². The predicted octanol–water partition coefficient (Wildman–Crippen LogP) is 16.6. The second kappa shape index (κ2) is 33.0. The van der Waals surface area contributed by atoms with Gasteiger partial charge in [0.2, 0.25) is 5.78 Å². The molecule has 8 heteroatoms. The Labute approximate surface area is 451 Å². The monoisotopic (exact) mass is 1030 g/mol. The Morgan fingerprint density at radius 1 is 0.770 bits per heavy atom. The summed E-state index contributed by atoms with van der Waals surface area (Å²) in [6, 6.07) is 0. The van der Waals surface area contributed by atoms with Gasteiger partial charge in [-0.05, 0) is 136 Å². The zero-order chi connectivity index (χ0) is 54.0. The lowest BCUT2D eigenvalue weighted by molar-refractivity contribution is -0.168. The number of aldehydes is 1. The topological polar surface area (TPSA) is 127 Å². The number of aliphatic hydroxyl groups excluding tert-OH is 1. The number of fused-ring (bicyclic) bond motifs is 1. The number of rotatable bonds is 36. The molecule has 2 saturated carbocycles. The summed E-state index contributed by atoms with van der Waals surface area (Å²) >= 11 is 0. The summed E-state index contributed by atoms with van der Waals surface area (Å²) in [6.45, 7) is 14.8. The molecular formula is C66H106O8. The van der Waals surface area contributed by atoms with E-state index in [-0.39, 0.29) is 47.7 Å². The standard InChI is InChI=1S/C66H106O8/c1-9-11-13-15-17-19-21-22-24-26-28-30-32-41-65-54(45-51(5)36-33-35-50(3)4)46-53(47-58(65)59(68)48-60(73-8)63(65)71)56-40-43-66(62(56)70)57(55(52(6)49-67)39-42-64(66,7)72)37-34-44-74-61(69)38-31-29-27-25-23-20-18-16-14-12-10-2/h15,17,35,45-46,48-49,54,56-58,62,70,72H,9-14,16,18-34,36-44,47H2,1-8H3/b17-15-,51-45+,55-52-/t54-,56+,57-,58+,62-,64+,65+,66+/m1/s1. The number of ether oxygens (including phenoxy) is 2. The molecule has 74 heavy (non-hydrogen) atoms. The highest BCUT2D eigenvalue weighted by Crippen LogP contribution is 2.65. The van der Waals surface area contributed by atoms with Crippen LogP contribution in [0.3, 0.4) is 0 Å². The average Bonchev–Trinajstić information content (AvgIpc) is 3.72. The number of carbonyl (C=O) groups is 4. The summed E-state index contributed by atoms with van der Waals surface area (Å²) in [5.74, 6) is -1.89. The predicted molar refractivity (Wildman–Crippen MR) is 304 cm³/mol. The lowest BCUT2D eigenvalue weighted by Gasteiger charge is -2.56. The second-order valence-corrected chi connectivity index (χ2v) is 23.9. The first kappa shape index (κ1) is 63.2. The van der Waals surface area contributed by atoms with Crippen molar-refractivity contribution < 1.29 is 38.9 Å². The molecule has 8 nitrogen and oxygen atoms in total. The molecule has 0 amide bonds. The molecule has 2 N–H and O–H groups in total. The molecule has 4 aliphatic rings. The number of unbranched alkanes of at least 4 members (excludes halogenated alkanes) is 19. The van der Waals surface area contributed by atoms with Crippen molar-refractivity contribution in [3.05, 3.63) is 70.1 Å². The van der Waals surface area contributed by atoms with Gasteiger partial charge >= 0.3 is 5.97 Å². The van der Waals surface area contributed by atoms with E-state index in [1.165, 1.54) is 109 Å². The molecule has 4 aliphatic carbocycles. The van der Waals surface area contributed by atoms with Crippen molar-refractivity contribution in [3.63, 3.8) is 0 Å². The Morgan fingerprint density at radius 3 is 2.00 bits per heavy atom. The molecule has 0 aromatic rings. The van der Waals surface area contributed by atoms with Gasteiger partial charge in [0.25, 0.3) is 0 Å². The van der Waals surface area contributed by atoms with Gasteiger partial charge in [0.1, 0.15) is 6.29 Å². The van der Waals surface area contributed by atoms with Crippen molar-refractivity contribution in [3.8, 4) is 0 Å². The molecule has 0 aromatic carbocycles. The summed E-state index contributed by atoms with van der Waals surface area (Å²) in [4.78, 5) is 55.1. The third-order valence-corrected chi connectivity index (χ3v) is 18.2. The van der Waals surface area contributed by atoms with Gasteiger partial charge in [-0.3, -0.25) is 19.2 Å². The summed E-state index contributed by atoms with van der Waals surface area (Å²) < 4.78 is 11.5. The van der Waals surface area contributed by atoms with E-state index in [1.807, 2.05) is 13.8 Å². The van der Waals surface area contributed by atoms with Gasteiger partial charge in [-0.15, -0.1) is 0 Å². The maximum absolute atomic E-state index is 15.0. The van der Waals surface area contributed by atoms with Crippen molar-refractivity contribution >= 4 is 23.8 Å². The fourth-order valence-electron chi connectivity index (χ4n) is 13.8. The first-order valence-electron chi connectivity index (χ1n) is 30.4. The average molecular weight is 1030 g/mol. The Hall–Kier alpha value is -3.36. The quantitative estimate of drug-likeness (QED) is 0.0209. The molecule has 418 valence electrons. The first-order valence-corrected chi connectivity index (χ1v) is 30.4. The number of allylic oxidation sites excluding steroid dienone is 11. The van der Waals surface area contributed by atoms with Crippen LogP contribution in [0, 0.1) is 34.5 Å². The zero-order valence-corrected chi connectivity index (χ0v) is 48.3. The van der Waals surface area contributed by atoms with Gasteiger partial charge < -0.3 is 19.7 Å². The largest absolute Gasteiger partial charge is 0.493 e. The van der Waals surface area contributed by atoms with Crippen LogP contribution in [-0.2, 0) is 28.7 Å². The van der Waals surface area contributed by atoms with Gasteiger partial charge in [-0.1, -0.05) is 182 Å². The lowest BCUT2D eigenvalue weighted by atomic mass is 9.51. The van der Waals surface area contributed by atoms with E-state index in [0.29, 0.717) is 63.4 Å². The highest BCUT2D eigenvalue weighted by molar-refractivity contribution is 6.12. The van der Waals surface area contributed by atoms with Crippen molar-refractivity contribution in [2.75, 3.05) is 13.7 Å². The van der Waals surface area contributed by atoms with E-state index in [9.17, 15) is 24.6 Å². The van der Waals surface area contributed by atoms with Gasteiger partial charge in [0.15, 0.2) is 11.5 Å². The highest BCUT2D eigenvalue weighted by Gasteiger charge is 2.65. The van der Waals surface area contributed by atoms with Crippen LogP contribution in [-0.4, -0.2) is 59.5 Å². The van der Waals surface area contributed by atoms with Crippen molar-refractivity contribution in [1.29, 1.82) is 0 Å². The third-order valence-electron chi connectivity index (χ3n) is 18.2. The Morgan fingerprint density at radius 2 is 1.38 bits per heavy atom. The smallest absolute Gasteiger partial charge is 0.305 e. The molecule has 0 unspecified atom stereocenters. The minimum absolute atomic E-state index is 0.0917. The number of hydrogen-bond acceptors (Lipinski definition) is 8. The zero-order valence-electron chi connectivity index (χ0n) is 48.3. The number of ketones is 2. The molecule has 0 heterocycles. The molecule has 0 radical (unpaired) electrons. The number of methoxy groups -OCH3 is 1. The number of esters is 1. The molecule has 4 rings (SSSR count). The molecule has 0 aromatic heterocycles. The van der Waals surface area contributed by atoms with E-state index >= 15 is 4.79 Å². The van der Waals surface area contributed by atoms with Gasteiger partial charge in [-0.2, -0.15) is 0 Å². The van der Waals surface area contributed by atoms with Crippen LogP contribution in [0.2, 0.25) is 0 Å². The summed E-state index contributed by atoms with van der Waals surface area (Å²) in [6.07, 6.45) is 44.9.